The molecule has 0 aliphatic heterocycles. The molecule has 6 nitrogen and oxygen atoms in total. The summed E-state index contributed by atoms with van der Waals surface area (Å²) in [6.45, 7) is 0.375. The molecule has 3 aromatic carbocycles. The smallest absolute Gasteiger partial charge is 0.352 e. The molecule has 0 aliphatic rings. The number of benzene rings is 3. The lowest BCUT2D eigenvalue weighted by atomic mass is 10.1. The van der Waals surface area contributed by atoms with Crippen molar-refractivity contribution >= 4 is 18.0 Å². The van der Waals surface area contributed by atoms with Gasteiger partial charge in [-0.15, -0.1) is 0 Å². The zero-order valence-corrected chi connectivity index (χ0v) is 16.4. The van der Waals surface area contributed by atoms with Gasteiger partial charge in [0.25, 0.3) is 5.91 Å². The van der Waals surface area contributed by atoms with Gasteiger partial charge in [0.1, 0.15) is 23.8 Å². The molecule has 1 amide bonds. The van der Waals surface area contributed by atoms with Gasteiger partial charge in [0.2, 0.25) is 0 Å². The van der Waals surface area contributed by atoms with E-state index in [1.165, 1.54) is 6.08 Å². The van der Waals surface area contributed by atoms with Crippen molar-refractivity contribution in [2.24, 2.45) is 0 Å². The lowest BCUT2D eigenvalue weighted by Gasteiger charge is -2.09. The van der Waals surface area contributed by atoms with Crippen molar-refractivity contribution in [3.05, 3.63) is 101 Å². The van der Waals surface area contributed by atoms with E-state index in [-0.39, 0.29) is 5.70 Å². The summed E-state index contributed by atoms with van der Waals surface area (Å²) >= 11 is 0. The Morgan fingerprint density at radius 2 is 1.67 bits per heavy atom. The minimum absolute atomic E-state index is 0.214. The Kier molecular flexibility index (Phi) is 6.84. The number of ether oxygens (including phenoxy) is 2. The zero-order chi connectivity index (χ0) is 21.3. The summed E-state index contributed by atoms with van der Waals surface area (Å²) in [5.74, 6) is -0.310. The van der Waals surface area contributed by atoms with E-state index < -0.39 is 11.9 Å². The predicted molar refractivity (Wildman–Crippen MR) is 113 cm³/mol. The van der Waals surface area contributed by atoms with E-state index >= 15 is 0 Å². The average molecular weight is 403 g/mol. The first-order chi connectivity index (χ1) is 14.5. The summed E-state index contributed by atoms with van der Waals surface area (Å²) < 4.78 is 11.0. The van der Waals surface area contributed by atoms with Crippen LogP contribution in [0.25, 0.3) is 6.08 Å². The Labute approximate surface area is 174 Å². The number of carboxylic acids is 1. The van der Waals surface area contributed by atoms with Crippen molar-refractivity contribution in [1.29, 1.82) is 0 Å². The quantitative estimate of drug-likeness (QED) is 0.553. The Bertz CT molecular complexity index is 1040. The van der Waals surface area contributed by atoms with Crippen LogP contribution in [0.1, 0.15) is 21.5 Å². The Balaban J connectivity index is 1.66. The lowest BCUT2D eigenvalue weighted by Crippen LogP contribution is -2.27. The van der Waals surface area contributed by atoms with Gasteiger partial charge < -0.3 is 19.9 Å². The number of carbonyl (C=O) groups is 2. The number of hydrogen-bond donors (Lipinski definition) is 2. The molecule has 0 aliphatic carbocycles. The molecular weight excluding hydrogens is 382 g/mol. The molecule has 0 spiro atoms. The zero-order valence-electron chi connectivity index (χ0n) is 16.4. The average Bonchev–Trinajstić information content (AvgIpc) is 2.78. The van der Waals surface area contributed by atoms with E-state index in [0.717, 1.165) is 11.3 Å². The van der Waals surface area contributed by atoms with Gasteiger partial charge in [-0.2, -0.15) is 0 Å². The SMILES string of the molecule is COc1cccc(COc2ccc(/C=C(/NC(=O)c3ccccc3)C(=O)O)cc2)c1. The van der Waals surface area contributed by atoms with Crippen molar-refractivity contribution in [1.82, 2.24) is 5.32 Å². The number of amides is 1. The minimum Gasteiger partial charge on any atom is -0.497 e. The Morgan fingerprint density at radius 1 is 0.933 bits per heavy atom. The number of nitrogens with one attached hydrogen (secondary N) is 1. The molecule has 0 saturated carbocycles. The fourth-order valence-corrected chi connectivity index (χ4v) is 2.69. The maximum atomic E-state index is 12.2. The molecule has 0 heterocycles. The van der Waals surface area contributed by atoms with Crippen LogP contribution in [-0.4, -0.2) is 24.1 Å². The summed E-state index contributed by atoms with van der Waals surface area (Å²) in [4.78, 5) is 23.8. The first-order valence-corrected chi connectivity index (χ1v) is 9.22. The van der Waals surface area contributed by atoms with Crippen LogP contribution >= 0.6 is 0 Å². The maximum Gasteiger partial charge on any atom is 0.352 e. The molecule has 3 aromatic rings. The highest BCUT2D eigenvalue weighted by molar-refractivity contribution is 6.02. The first kappa shape index (κ1) is 20.7. The summed E-state index contributed by atoms with van der Waals surface area (Å²) in [5, 5.41) is 11.9. The van der Waals surface area contributed by atoms with Crippen LogP contribution in [0, 0.1) is 0 Å². The fourth-order valence-electron chi connectivity index (χ4n) is 2.69. The van der Waals surface area contributed by atoms with Crippen molar-refractivity contribution in [3.8, 4) is 11.5 Å². The second-order valence-corrected chi connectivity index (χ2v) is 6.39. The molecule has 30 heavy (non-hydrogen) atoms. The number of methoxy groups -OCH3 is 1. The monoisotopic (exact) mass is 403 g/mol. The molecule has 2 N–H and O–H groups in total. The van der Waals surface area contributed by atoms with Gasteiger partial charge in [-0.25, -0.2) is 4.79 Å². The molecule has 0 aromatic heterocycles. The number of carboxylic acid groups (broad SMARTS) is 1. The molecule has 0 unspecified atom stereocenters. The highest BCUT2D eigenvalue weighted by Crippen LogP contribution is 2.18. The Morgan fingerprint density at radius 3 is 2.33 bits per heavy atom. The van der Waals surface area contributed by atoms with E-state index in [1.807, 2.05) is 24.3 Å². The van der Waals surface area contributed by atoms with Gasteiger partial charge in [0, 0.05) is 5.56 Å². The highest BCUT2D eigenvalue weighted by Gasteiger charge is 2.13. The third-order valence-electron chi connectivity index (χ3n) is 4.25. The topological polar surface area (TPSA) is 84.9 Å². The van der Waals surface area contributed by atoms with Gasteiger partial charge in [0.05, 0.1) is 7.11 Å². The second-order valence-electron chi connectivity index (χ2n) is 6.39. The van der Waals surface area contributed by atoms with Crippen molar-refractivity contribution in [2.75, 3.05) is 7.11 Å². The van der Waals surface area contributed by atoms with Gasteiger partial charge in [-0.3, -0.25) is 4.79 Å². The Hall–Kier alpha value is -4.06. The third kappa shape index (κ3) is 5.72. The predicted octanol–water partition coefficient (Wildman–Crippen LogP) is 4.13. The molecule has 0 atom stereocenters. The van der Waals surface area contributed by atoms with E-state index in [1.54, 1.807) is 61.7 Å². The van der Waals surface area contributed by atoms with Gasteiger partial charge >= 0.3 is 5.97 Å². The number of rotatable bonds is 8. The van der Waals surface area contributed by atoms with E-state index in [9.17, 15) is 14.7 Å². The minimum atomic E-state index is -1.22. The lowest BCUT2D eigenvalue weighted by molar-refractivity contribution is -0.132. The van der Waals surface area contributed by atoms with Crippen LogP contribution in [0.5, 0.6) is 11.5 Å². The normalized spacial score (nSPS) is 10.9. The van der Waals surface area contributed by atoms with Crippen LogP contribution in [0.15, 0.2) is 84.6 Å². The molecular formula is C24H21NO5. The van der Waals surface area contributed by atoms with Crippen molar-refractivity contribution in [3.63, 3.8) is 0 Å². The standard InChI is InChI=1S/C24H21NO5/c1-29-21-9-5-6-18(14-21)16-30-20-12-10-17(11-13-20)15-22(24(27)28)25-23(26)19-7-3-2-4-8-19/h2-15H,16H2,1H3,(H,25,26)(H,27,28)/b22-15+. The number of hydrogen-bond acceptors (Lipinski definition) is 4. The van der Waals surface area contributed by atoms with Crippen LogP contribution in [0.3, 0.4) is 0 Å². The van der Waals surface area contributed by atoms with E-state index in [2.05, 4.69) is 5.32 Å². The molecule has 0 bridgehead atoms. The summed E-state index contributed by atoms with van der Waals surface area (Å²) in [6, 6.07) is 22.9. The maximum absolute atomic E-state index is 12.2. The summed E-state index contributed by atoms with van der Waals surface area (Å²) in [7, 11) is 1.61. The third-order valence-corrected chi connectivity index (χ3v) is 4.25. The summed E-state index contributed by atoms with van der Waals surface area (Å²) in [6.07, 6.45) is 1.40. The molecule has 152 valence electrons. The number of carbonyl (C=O) groups excluding carboxylic acids is 1. The van der Waals surface area contributed by atoms with E-state index in [4.69, 9.17) is 9.47 Å². The van der Waals surface area contributed by atoms with E-state index in [0.29, 0.717) is 23.5 Å². The molecule has 0 radical (unpaired) electrons. The van der Waals surface area contributed by atoms with Crippen molar-refractivity contribution < 1.29 is 24.2 Å². The largest absolute Gasteiger partial charge is 0.497 e. The molecule has 3 rings (SSSR count). The van der Waals surface area contributed by atoms with Crippen LogP contribution < -0.4 is 14.8 Å². The van der Waals surface area contributed by atoms with Crippen molar-refractivity contribution in [2.45, 2.75) is 6.61 Å². The van der Waals surface area contributed by atoms with Gasteiger partial charge in [-0.05, 0) is 53.6 Å². The summed E-state index contributed by atoms with van der Waals surface area (Å²) in [5.41, 5.74) is 1.75. The molecule has 6 heteroatoms. The second kappa shape index (κ2) is 9.93. The van der Waals surface area contributed by atoms with Crippen LogP contribution in [0.4, 0.5) is 0 Å². The number of aliphatic carboxylic acids is 1. The fraction of sp³-hybridized carbons (Fsp3) is 0.0833. The van der Waals surface area contributed by atoms with Crippen LogP contribution in [0.2, 0.25) is 0 Å². The first-order valence-electron chi connectivity index (χ1n) is 9.22. The molecule has 0 fully saturated rings. The van der Waals surface area contributed by atoms with Crippen LogP contribution in [-0.2, 0) is 11.4 Å². The van der Waals surface area contributed by atoms with Gasteiger partial charge in [0.15, 0.2) is 0 Å². The molecule has 0 saturated heterocycles. The highest BCUT2D eigenvalue weighted by atomic mass is 16.5. The van der Waals surface area contributed by atoms with Gasteiger partial charge in [-0.1, -0.05) is 42.5 Å².